The van der Waals surface area contributed by atoms with Crippen LogP contribution in [0.2, 0.25) is 6.55 Å². The van der Waals surface area contributed by atoms with Crippen molar-refractivity contribution in [3.63, 3.8) is 0 Å². The van der Waals surface area contributed by atoms with Crippen LogP contribution in [0, 0.1) is 0 Å². The lowest BCUT2D eigenvalue weighted by molar-refractivity contribution is -0.0456. The molecule has 0 aromatic heterocycles. The van der Waals surface area contributed by atoms with Gasteiger partial charge in [0, 0.05) is 14.2 Å². The Morgan fingerprint density at radius 2 is 1.62 bits per heavy atom. The lowest BCUT2D eigenvalue weighted by Gasteiger charge is -2.19. The molecule has 0 spiro atoms. The van der Waals surface area contributed by atoms with E-state index in [1.54, 1.807) is 14.2 Å². The smallest absolute Gasteiger partial charge is 0.142 e. The van der Waals surface area contributed by atoms with Crippen LogP contribution in [0.5, 0.6) is 0 Å². The highest BCUT2D eigenvalue weighted by molar-refractivity contribution is 6.72. The highest BCUT2D eigenvalue weighted by Gasteiger charge is 2.18. The standard InChI is InChI=1S/C10H16O2Si/c1-11-10(12-2)13(3)9-7-5-4-6-8-9/h4-8,10,13H,1-3H3. The van der Waals surface area contributed by atoms with Gasteiger partial charge in [-0.25, -0.2) is 0 Å². The van der Waals surface area contributed by atoms with Gasteiger partial charge in [-0.05, 0) is 0 Å². The van der Waals surface area contributed by atoms with E-state index in [-0.39, 0.29) is 5.91 Å². The van der Waals surface area contributed by atoms with Gasteiger partial charge in [0.15, 0.2) is 0 Å². The molecule has 1 aromatic rings. The third-order valence-corrected chi connectivity index (χ3v) is 5.00. The van der Waals surface area contributed by atoms with Crippen LogP contribution in [-0.2, 0) is 9.47 Å². The fourth-order valence-corrected chi connectivity index (χ4v) is 3.38. The lowest BCUT2D eigenvalue weighted by Crippen LogP contribution is -2.41. The highest BCUT2D eigenvalue weighted by Crippen LogP contribution is 1.99. The number of benzene rings is 1. The van der Waals surface area contributed by atoms with Crippen LogP contribution in [0.3, 0.4) is 0 Å². The molecule has 0 saturated heterocycles. The Bertz CT molecular complexity index is 234. The average Bonchev–Trinajstić information content (AvgIpc) is 2.21. The predicted molar refractivity (Wildman–Crippen MR) is 56.9 cm³/mol. The molecule has 13 heavy (non-hydrogen) atoms. The van der Waals surface area contributed by atoms with Crippen molar-refractivity contribution in [3.8, 4) is 0 Å². The molecule has 1 rings (SSSR count). The van der Waals surface area contributed by atoms with Crippen LogP contribution in [-0.4, -0.2) is 28.9 Å². The molecule has 0 amide bonds. The molecule has 2 nitrogen and oxygen atoms in total. The maximum atomic E-state index is 5.26. The van der Waals surface area contributed by atoms with E-state index in [9.17, 15) is 0 Å². The summed E-state index contributed by atoms with van der Waals surface area (Å²) in [7, 11) is 2.27. The zero-order chi connectivity index (χ0) is 9.68. The molecule has 1 aromatic carbocycles. The van der Waals surface area contributed by atoms with Crippen molar-refractivity contribution >= 4 is 14.0 Å². The second kappa shape index (κ2) is 5.17. The lowest BCUT2D eigenvalue weighted by atomic mass is 10.4. The highest BCUT2D eigenvalue weighted by atomic mass is 28.3. The summed E-state index contributed by atoms with van der Waals surface area (Å²) in [5.41, 5.74) is 0. The fraction of sp³-hybridized carbons (Fsp3) is 0.400. The third-order valence-electron chi connectivity index (χ3n) is 2.20. The molecule has 0 heterocycles. The molecule has 0 aliphatic rings. The summed E-state index contributed by atoms with van der Waals surface area (Å²) in [4.78, 5) is 0. The van der Waals surface area contributed by atoms with Crippen LogP contribution in [0.1, 0.15) is 0 Å². The molecular weight excluding hydrogens is 180 g/mol. The number of hydrogen-bond acceptors (Lipinski definition) is 2. The number of rotatable bonds is 4. The van der Waals surface area contributed by atoms with Crippen molar-refractivity contribution in [1.29, 1.82) is 0 Å². The minimum absolute atomic E-state index is 0.0256. The van der Waals surface area contributed by atoms with Gasteiger partial charge in [-0.1, -0.05) is 42.1 Å². The van der Waals surface area contributed by atoms with Crippen LogP contribution in [0.25, 0.3) is 0 Å². The van der Waals surface area contributed by atoms with Gasteiger partial charge in [-0.15, -0.1) is 0 Å². The summed E-state index contributed by atoms with van der Waals surface area (Å²) in [6.45, 7) is 2.23. The number of ether oxygens (including phenoxy) is 2. The first kappa shape index (κ1) is 10.4. The van der Waals surface area contributed by atoms with Crippen molar-refractivity contribution in [2.24, 2.45) is 0 Å². The monoisotopic (exact) mass is 196 g/mol. The van der Waals surface area contributed by atoms with Gasteiger partial charge in [-0.2, -0.15) is 0 Å². The Labute approximate surface area is 81.1 Å². The van der Waals surface area contributed by atoms with Gasteiger partial charge in [0.25, 0.3) is 0 Å². The molecule has 0 aliphatic carbocycles. The topological polar surface area (TPSA) is 18.5 Å². The van der Waals surface area contributed by atoms with Crippen molar-refractivity contribution in [2.45, 2.75) is 12.5 Å². The van der Waals surface area contributed by atoms with Gasteiger partial charge < -0.3 is 9.47 Å². The summed E-state index contributed by atoms with van der Waals surface area (Å²) in [6, 6.07) is 10.4. The van der Waals surface area contributed by atoms with Crippen molar-refractivity contribution in [1.82, 2.24) is 0 Å². The first-order valence-electron chi connectivity index (χ1n) is 4.40. The quantitative estimate of drug-likeness (QED) is 0.526. The summed E-state index contributed by atoms with van der Waals surface area (Å²) >= 11 is 0. The maximum absolute atomic E-state index is 5.26. The molecular formula is C10H16O2Si. The van der Waals surface area contributed by atoms with E-state index in [2.05, 4.69) is 30.8 Å². The Balaban J connectivity index is 2.72. The molecule has 1 unspecified atom stereocenters. The number of methoxy groups -OCH3 is 2. The van der Waals surface area contributed by atoms with E-state index in [1.165, 1.54) is 5.19 Å². The molecule has 0 N–H and O–H groups in total. The van der Waals surface area contributed by atoms with Crippen molar-refractivity contribution in [2.75, 3.05) is 14.2 Å². The molecule has 72 valence electrons. The normalized spacial score (nSPS) is 13.2. The molecule has 3 heteroatoms. The fourth-order valence-electron chi connectivity index (χ4n) is 1.42. The predicted octanol–water partition coefficient (Wildman–Crippen LogP) is 0.909. The second-order valence-corrected chi connectivity index (χ2v) is 5.83. The van der Waals surface area contributed by atoms with Gasteiger partial charge in [0.2, 0.25) is 0 Å². The summed E-state index contributed by atoms with van der Waals surface area (Å²) in [5, 5.41) is 1.37. The van der Waals surface area contributed by atoms with Gasteiger partial charge in [0.1, 0.15) is 14.7 Å². The van der Waals surface area contributed by atoms with Crippen LogP contribution >= 0.6 is 0 Å². The molecule has 0 bridgehead atoms. The third kappa shape index (κ3) is 2.65. The van der Waals surface area contributed by atoms with Crippen LogP contribution in [0.15, 0.2) is 30.3 Å². The Morgan fingerprint density at radius 1 is 1.08 bits per heavy atom. The van der Waals surface area contributed by atoms with E-state index >= 15 is 0 Å². The Morgan fingerprint density at radius 3 is 2.08 bits per heavy atom. The zero-order valence-corrected chi connectivity index (χ0v) is 9.51. The molecule has 1 atom stereocenters. The minimum Gasteiger partial charge on any atom is -0.360 e. The number of hydrogen-bond donors (Lipinski definition) is 0. The van der Waals surface area contributed by atoms with E-state index in [0.29, 0.717) is 0 Å². The van der Waals surface area contributed by atoms with Crippen molar-refractivity contribution in [3.05, 3.63) is 30.3 Å². The van der Waals surface area contributed by atoms with Gasteiger partial charge in [-0.3, -0.25) is 0 Å². The molecule has 0 saturated carbocycles. The van der Waals surface area contributed by atoms with E-state index in [1.807, 2.05) is 6.07 Å². The van der Waals surface area contributed by atoms with Crippen LogP contribution in [0.4, 0.5) is 0 Å². The van der Waals surface area contributed by atoms with Crippen molar-refractivity contribution < 1.29 is 9.47 Å². The Hall–Kier alpha value is -0.643. The van der Waals surface area contributed by atoms with E-state index in [4.69, 9.17) is 9.47 Å². The zero-order valence-electron chi connectivity index (χ0n) is 8.36. The summed E-state index contributed by atoms with van der Waals surface area (Å²) in [6.07, 6.45) is 0. The van der Waals surface area contributed by atoms with E-state index in [0.717, 1.165) is 0 Å². The molecule has 0 fully saturated rings. The van der Waals surface area contributed by atoms with Gasteiger partial charge >= 0.3 is 0 Å². The SMILES string of the molecule is COC(OC)[SiH](C)c1ccccc1. The molecule has 0 radical (unpaired) electrons. The maximum Gasteiger partial charge on any atom is 0.142 e. The minimum atomic E-state index is -1.12. The first-order valence-corrected chi connectivity index (χ1v) is 6.80. The summed E-state index contributed by atoms with van der Waals surface area (Å²) in [5.74, 6) is -0.0256. The van der Waals surface area contributed by atoms with Gasteiger partial charge in [0.05, 0.1) is 0 Å². The summed E-state index contributed by atoms with van der Waals surface area (Å²) < 4.78 is 10.5. The van der Waals surface area contributed by atoms with E-state index < -0.39 is 8.80 Å². The first-order chi connectivity index (χ1) is 6.29. The average molecular weight is 196 g/mol. The Kier molecular flexibility index (Phi) is 4.15. The largest absolute Gasteiger partial charge is 0.360 e. The molecule has 0 aliphatic heterocycles. The second-order valence-electron chi connectivity index (χ2n) is 3.04. The van der Waals surface area contributed by atoms with Crippen LogP contribution < -0.4 is 5.19 Å².